The van der Waals surface area contributed by atoms with Crippen molar-refractivity contribution in [3.05, 3.63) is 0 Å². The summed E-state index contributed by atoms with van der Waals surface area (Å²) in [6.07, 6.45) is 1.88. The Morgan fingerprint density at radius 2 is 2.11 bits per heavy atom. The molecule has 0 spiro atoms. The number of hydrogen-bond acceptors (Lipinski definition) is 4. The Balaban J connectivity index is 1.93. The molecule has 6 heteroatoms. The maximum absolute atomic E-state index is 12.5. The summed E-state index contributed by atoms with van der Waals surface area (Å²) in [6.45, 7) is 4.00. The summed E-state index contributed by atoms with van der Waals surface area (Å²) >= 11 is 0. The monoisotopic (exact) mass is 269 g/mol. The van der Waals surface area contributed by atoms with Crippen LogP contribution in [0.3, 0.4) is 0 Å². The molecule has 3 unspecified atom stereocenters. The normalized spacial score (nSPS) is 31.3. The van der Waals surface area contributed by atoms with E-state index in [4.69, 9.17) is 4.74 Å². The highest BCUT2D eigenvalue weighted by atomic mass is 16.5. The maximum atomic E-state index is 12.5. The number of carbonyl (C=O) groups excluding carboxylic acids is 2. The number of likely N-dealkylation sites (N-methyl/N-ethyl adjacent to an activating group) is 1. The van der Waals surface area contributed by atoms with E-state index < -0.39 is 0 Å². The number of carbonyl (C=O) groups is 2. The lowest BCUT2D eigenvalue weighted by Crippen LogP contribution is -2.52. The van der Waals surface area contributed by atoms with E-state index in [1.165, 1.54) is 6.92 Å². The Kier molecular flexibility index (Phi) is 4.76. The Bertz CT molecular complexity index is 348. The van der Waals surface area contributed by atoms with Crippen molar-refractivity contribution >= 4 is 11.8 Å². The van der Waals surface area contributed by atoms with Gasteiger partial charge >= 0.3 is 0 Å². The van der Waals surface area contributed by atoms with Gasteiger partial charge in [0, 0.05) is 32.1 Å². The molecule has 0 aliphatic carbocycles. The summed E-state index contributed by atoms with van der Waals surface area (Å²) in [5.74, 6) is 0.0181. The van der Waals surface area contributed by atoms with Gasteiger partial charge < -0.3 is 20.3 Å². The van der Waals surface area contributed by atoms with Crippen LogP contribution in [0.5, 0.6) is 0 Å². The molecule has 2 fully saturated rings. The van der Waals surface area contributed by atoms with Gasteiger partial charge in [-0.1, -0.05) is 0 Å². The SMILES string of the molecule is CNC1COCC1C(=O)N1CCCC(NC(C)=O)C1. The van der Waals surface area contributed by atoms with Gasteiger partial charge in [-0.25, -0.2) is 0 Å². The average Bonchev–Trinajstić information content (AvgIpc) is 2.85. The molecule has 2 aliphatic heterocycles. The molecule has 0 aromatic heterocycles. The first kappa shape index (κ1) is 14.3. The fraction of sp³-hybridized carbons (Fsp3) is 0.846. The summed E-state index contributed by atoms with van der Waals surface area (Å²) in [5.41, 5.74) is 0. The van der Waals surface area contributed by atoms with Crippen LogP contribution in [0.1, 0.15) is 19.8 Å². The van der Waals surface area contributed by atoms with Crippen LogP contribution < -0.4 is 10.6 Å². The number of amides is 2. The molecular formula is C13H23N3O3. The molecule has 6 nitrogen and oxygen atoms in total. The number of ether oxygens (including phenoxy) is 1. The van der Waals surface area contributed by atoms with Crippen molar-refractivity contribution in [2.75, 3.05) is 33.4 Å². The number of piperidine rings is 1. The lowest BCUT2D eigenvalue weighted by atomic mass is 9.99. The average molecular weight is 269 g/mol. The Morgan fingerprint density at radius 1 is 1.32 bits per heavy atom. The van der Waals surface area contributed by atoms with Crippen LogP contribution in [0.2, 0.25) is 0 Å². The predicted octanol–water partition coefficient (Wildman–Crippen LogP) is -0.652. The van der Waals surface area contributed by atoms with E-state index in [1.54, 1.807) is 0 Å². The highest BCUT2D eigenvalue weighted by Crippen LogP contribution is 2.19. The van der Waals surface area contributed by atoms with Gasteiger partial charge in [-0.2, -0.15) is 0 Å². The summed E-state index contributed by atoms with van der Waals surface area (Å²) < 4.78 is 5.38. The van der Waals surface area contributed by atoms with E-state index in [0.717, 1.165) is 19.4 Å². The molecule has 2 aliphatic rings. The standard InChI is InChI=1S/C13H23N3O3/c1-9(17)15-10-4-3-5-16(6-10)13(18)11-7-19-8-12(11)14-2/h10-12,14H,3-8H2,1-2H3,(H,15,17). The number of hydrogen-bond donors (Lipinski definition) is 2. The fourth-order valence-corrected chi connectivity index (χ4v) is 2.90. The number of nitrogens with one attached hydrogen (secondary N) is 2. The minimum Gasteiger partial charge on any atom is -0.379 e. The molecule has 2 heterocycles. The van der Waals surface area contributed by atoms with Crippen molar-refractivity contribution in [3.8, 4) is 0 Å². The van der Waals surface area contributed by atoms with Crippen molar-refractivity contribution in [1.82, 2.24) is 15.5 Å². The molecule has 0 aromatic rings. The molecule has 108 valence electrons. The van der Waals surface area contributed by atoms with Crippen LogP contribution in [0, 0.1) is 5.92 Å². The van der Waals surface area contributed by atoms with Crippen LogP contribution in [0.25, 0.3) is 0 Å². The zero-order valence-corrected chi connectivity index (χ0v) is 11.6. The molecule has 19 heavy (non-hydrogen) atoms. The molecule has 2 rings (SSSR count). The van der Waals surface area contributed by atoms with Crippen LogP contribution in [-0.2, 0) is 14.3 Å². The van der Waals surface area contributed by atoms with Gasteiger partial charge in [0.25, 0.3) is 0 Å². The fourth-order valence-electron chi connectivity index (χ4n) is 2.90. The molecule has 0 radical (unpaired) electrons. The molecule has 0 aromatic carbocycles. The van der Waals surface area contributed by atoms with Gasteiger partial charge in [0.15, 0.2) is 0 Å². The van der Waals surface area contributed by atoms with E-state index in [2.05, 4.69) is 10.6 Å². The van der Waals surface area contributed by atoms with Crippen molar-refractivity contribution in [1.29, 1.82) is 0 Å². The summed E-state index contributed by atoms with van der Waals surface area (Å²) in [4.78, 5) is 25.5. The molecular weight excluding hydrogens is 246 g/mol. The second kappa shape index (κ2) is 6.34. The molecule has 0 saturated carbocycles. The van der Waals surface area contributed by atoms with Crippen molar-refractivity contribution in [2.24, 2.45) is 5.92 Å². The van der Waals surface area contributed by atoms with Gasteiger partial charge in [-0.05, 0) is 19.9 Å². The van der Waals surface area contributed by atoms with Crippen LogP contribution in [0.4, 0.5) is 0 Å². The van der Waals surface area contributed by atoms with Crippen LogP contribution >= 0.6 is 0 Å². The molecule has 2 amide bonds. The van der Waals surface area contributed by atoms with Crippen LogP contribution in [-0.4, -0.2) is 62.1 Å². The highest BCUT2D eigenvalue weighted by Gasteiger charge is 2.37. The third kappa shape index (κ3) is 3.45. The third-order valence-corrected chi connectivity index (χ3v) is 3.91. The summed E-state index contributed by atoms with van der Waals surface area (Å²) in [7, 11) is 1.86. The van der Waals surface area contributed by atoms with E-state index in [0.29, 0.717) is 19.8 Å². The van der Waals surface area contributed by atoms with Crippen molar-refractivity contribution in [3.63, 3.8) is 0 Å². The van der Waals surface area contributed by atoms with Gasteiger partial charge in [0.05, 0.1) is 19.1 Å². The van der Waals surface area contributed by atoms with E-state index in [1.807, 2.05) is 11.9 Å². The minimum absolute atomic E-state index is 0.0309. The highest BCUT2D eigenvalue weighted by molar-refractivity contribution is 5.80. The predicted molar refractivity (Wildman–Crippen MR) is 70.6 cm³/mol. The first-order valence-electron chi connectivity index (χ1n) is 6.92. The zero-order valence-electron chi connectivity index (χ0n) is 11.6. The Hall–Kier alpha value is -1.14. The molecule has 3 atom stereocenters. The molecule has 0 bridgehead atoms. The lowest BCUT2D eigenvalue weighted by molar-refractivity contribution is -0.138. The van der Waals surface area contributed by atoms with Gasteiger partial charge in [0.2, 0.25) is 11.8 Å². The first-order valence-corrected chi connectivity index (χ1v) is 6.92. The number of nitrogens with zero attached hydrogens (tertiary/aromatic N) is 1. The largest absolute Gasteiger partial charge is 0.379 e. The van der Waals surface area contributed by atoms with E-state index >= 15 is 0 Å². The first-order chi connectivity index (χ1) is 9.11. The van der Waals surface area contributed by atoms with Crippen molar-refractivity contribution < 1.29 is 14.3 Å². The quantitative estimate of drug-likeness (QED) is 0.714. The van der Waals surface area contributed by atoms with E-state index in [9.17, 15) is 9.59 Å². The second-order valence-corrected chi connectivity index (χ2v) is 5.36. The number of likely N-dealkylation sites (tertiary alicyclic amines) is 1. The lowest BCUT2D eigenvalue weighted by Gasteiger charge is -2.35. The molecule has 2 N–H and O–H groups in total. The smallest absolute Gasteiger partial charge is 0.229 e. The van der Waals surface area contributed by atoms with Gasteiger partial charge in [-0.15, -0.1) is 0 Å². The number of rotatable bonds is 3. The van der Waals surface area contributed by atoms with Crippen molar-refractivity contribution in [2.45, 2.75) is 31.8 Å². The molecule has 2 saturated heterocycles. The van der Waals surface area contributed by atoms with E-state index in [-0.39, 0.29) is 29.8 Å². The zero-order chi connectivity index (χ0) is 13.8. The summed E-state index contributed by atoms with van der Waals surface area (Å²) in [6, 6.07) is 0.194. The Morgan fingerprint density at radius 3 is 2.79 bits per heavy atom. The Labute approximate surface area is 113 Å². The minimum atomic E-state index is -0.0962. The van der Waals surface area contributed by atoms with Gasteiger partial charge in [-0.3, -0.25) is 9.59 Å². The third-order valence-electron chi connectivity index (χ3n) is 3.91. The maximum Gasteiger partial charge on any atom is 0.229 e. The second-order valence-electron chi connectivity index (χ2n) is 5.36. The van der Waals surface area contributed by atoms with Crippen LogP contribution in [0.15, 0.2) is 0 Å². The summed E-state index contributed by atoms with van der Waals surface area (Å²) in [5, 5.41) is 6.04. The van der Waals surface area contributed by atoms with Gasteiger partial charge in [0.1, 0.15) is 0 Å². The topological polar surface area (TPSA) is 70.7 Å².